The molecule has 0 atom stereocenters. The SMILES string of the molecule is CN1C(=O)[NH2+]C(=O)C(NCc2ccc(Cl)cc2)=C1/N=C/Br. The lowest BCUT2D eigenvalue weighted by Crippen LogP contribution is -2.96. The first kappa shape index (κ1) is 15.7. The predicted molar refractivity (Wildman–Crippen MR) is 82.8 cm³/mol. The monoisotopic (exact) mass is 371 g/mol. The van der Waals surface area contributed by atoms with Crippen molar-refractivity contribution in [1.29, 1.82) is 0 Å². The summed E-state index contributed by atoms with van der Waals surface area (Å²) < 4.78 is 0. The minimum Gasteiger partial charge on any atom is -0.370 e. The summed E-state index contributed by atoms with van der Waals surface area (Å²) in [6.07, 6.45) is 0. The molecule has 1 aromatic carbocycles. The average Bonchev–Trinajstić information content (AvgIpc) is 2.46. The first-order chi connectivity index (χ1) is 10.0. The summed E-state index contributed by atoms with van der Waals surface area (Å²) in [5, 5.41) is 6.06. The Morgan fingerprint density at radius 2 is 2.05 bits per heavy atom. The van der Waals surface area contributed by atoms with E-state index in [1.165, 1.54) is 10.0 Å². The van der Waals surface area contributed by atoms with Gasteiger partial charge in [0.1, 0.15) is 0 Å². The molecule has 0 radical (unpaired) electrons. The van der Waals surface area contributed by atoms with E-state index in [9.17, 15) is 9.59 Å². The van der Waals surface area contributed by atoms with E-state index in [-0.39, 0.29) is 17.4 Å². The van der Waals surface area contributed by atoms with E-state index in [0.29, 0.717) is 11.6 Å². The summed E-state index contributed by atoms with van der Waals surface area (Å²) in [5.41, 5.74) is 1.24. The number of aliphatic imine (C=N–C) groups is 1. The molecule has 8 heteroatoms. The Hall–Kier alpha value is -1.70. The molecule has 1 heterocycles. The highest BCUT2D eigenvalue weighted by Gasteiger charge is 2.34. The smallest absolute Gasteiger partial charge is 0.370 e. The second-order valence-electron chi connectivity index (χ2n) is 4.31. The maximum absolute atomic E-state index is 12.0. The van der Waals surface area contributed by atoms with Gasteiger partial charge in [0.2, 0.25) is 0 Å². The van der Waals surface area contributed by atoms with Crippen LogP contribution < -0.4 is 10.6 Å². The summed E-state index contributed by atoms with van der Waals surface area (Å²) >= 11 is 8.88. The molecular weight excluding hydrogens is 360 g/mol. The van der Waals surface area contributed by atoms with Crippen LogP contribution >= 0.6 is 27.5 Å². The number of rotatable bonds is 4. The van der Waals surface area contributed by atoms with Gasteiger partial charge in [0.05, 0.1) is 5.12 Å². The van der Waals surface area contributed by atoms with Gasteiger partial charge in [-0.1, -0.05) is 23.7 Å². The number of benzene rings is 1. The van der Waals surface area contributed by atoms with Gasteiger partial charge in [-0.05, 0) is 33.6 Å². The fourth-order valence-electron chi connectivity index (χ4n) is 1.82. The number of nitrogens with two attached hydrogens (primary N) is 1. The Labute approximate surface area is 135 Å². The van der Waals surface area contributed by atoms with Gasteiger partial charge in [0.25, 0.3) is 0 Å². The molecule has 1 aromatic rings. The Bertz CT molecular complexity index is 628. The Balaban J connectivity index is 2.23. The maximum Gasteiger partial charge on any atom is 0.429 e. The molecule has 110 valence electrons. The zero-order valence-electron chi connectivity index (χ0n) is 11.1. The van der Waals surface area contributed by atoms with Crippen LogP contribution in [0, 0.1) is 0 Å². The molecule has 1 aliphatic heterocycles. The van der Waals surface area contributed by atoms with Crippen LogP contribution in [0.2, 0.25) is 5.02 Å². The van der Waals surface area contributed by atoms with Crippen molar-refractivity contribution < 1.29 is 14.9 Å². The van der Waals surface area contributed by atoms with Crippen LogP contribution in [0.4, 0.5) is 4.79 Å². The molecule has 2 rings (SSSR count). The third kappa shape index (κ3) is 3.69. The quantitative estimate of drug-likeness (QED) is 0.779. The second-order valence-corrected chi connectivity index (χ2v) is 5.16. The van der Waals surface area contributed by atoms with Crippen molar-refractivity contribution in [3.05, 3.63) is 46.4 Å². The van der Waals surface area contributed by atoms with Gasteiger partial charge in [-0.3, -0.25) is 0 Å². The van der Waals surface area contributed by atoms with Crippen LogP contribution in [0.1, 0.15) is 5.56 Å². The summed E-state index contributed by atoms with van der Waals surface area (Å²) in [7, 11) is 1.56. The number of nitrogens with one attached hydrogen (secondary N) is 1. The Morgan fingerprint density at radius 3 is 2.67 bits per heavy atom. The molecule has 3 amide bonds. The number of halogens is 2. The lowest BCUT2D eigenvalue weighted by atomic mass is 10.2. The summed E-state index contributed by atoms with van der Waals surface area (Å²) in [6.45, 7) is 0.426. The molecule has 0 saturated heterocycles. The lowest BCUT2D eigenvalue weighted by molar-refractivity contribution is -0.475. The predicted octanol–water partition coefficient (Wildman–Crippen LogP) is 1.18. The molecule has 0 spiro atoms. The minimum atomic E-state index is -0.398. The van der Waals surface area contributed by atoms with Crippen LogP contribution in [-0.2, 0) is 11.3 Å². The normalized spacial score (nSPS) is 16.0. The zero-order valence-corrected chi connectivity index (χ0v) is 13.5. The number of amides is 3. The third-order valence-corrected chi connectivity index (χ3v) is 3.38. The number of imide groups is 1. The van der Waals surface area contributed by atoms with Crippen LogP contribution in [0.15, 0.2) is 40.8 Å². The number of hydrogen-bond donors (Lipinski definition) is 2. The van der Waals surface area contributed by atoms with Crippen LogP contribution in [0.25, 0.3) is 0 Å². The van der Waals surface area contributed by atoms with Gasteiger partial charge >= 0.3 is 11.9 Å². The van der Waals surface area contributed by atoms with Crippen molar-refractivity contribution in [3.8, 4) is 0 Å². The maximum atomic E-state index is 12.0. The number of urea groups is 1. The number of quaternary nitrogens is 1. The molecule has 6 nitrogen and oxygen atoms in total. The highest BCUT2D eigenvalue weighted by Crippen LogP contribution is 2.13. The van der Waals surface area contributed by atoms with Gasteiger partial charge < -0.3 is 5.32 Å². The Kier molecular flexibility index (Phi) is 5.11. The fraction of sp³-hybridized carbons (Fsp3) is 0.154. The van der Waals surface area contributed by atoms with Crippen molar-refractivity contribution in [2.75, 3.05) is 7.05 Å². The molecule has 0 aromatic heterocycles. The zero-order chi connectivity index (χ0) is 15.4. The van der Waals surface area contributed by atoms with E-state index < -0.39 is 6.03 Å². The number of hydrogen-bond acceptors (Lipinski definition) is 4. The number of carbonyl (C=O) groups is 2. The Morgan fingerprint density at radius 1 is 1.38 bits per heavy atom. The summed E-state index contributed by atoms with van der Waals surface area (Å²) in [4.78, 5) is 28.9. The second kappa shape index (κ2) is 6.84. The van der Waals surface area contributed by atoms with E-state index in [2.05, 4.69) is 26.2 Å². The first-order valence-corrected chi connectivity index (χ1v) is 7.34. The van der Waals surface area contributed by atoms with Gasteiger partial charge in [0.15, 0.2) is 11.5 Å². The lowest BCUT2D eigenvalue weighted by Gasteiger charge is -2.22. The van der Waals surface area contributed by atoms with E-state index in [1.807, 2.05) is 12.1 Å². The first-order valence-electron chi connectivity index (χ1n) is 6.05. The van der Waals surface area contributed by atoms with Crippen molar-refractivity contribution in [1.82, 2.24) is 10.2 Å². The number of nitrogens with zero attached hydrogens (tertiary/aromatic N) is 2. The summed E-state index contributed by atoms with van der Waals surface area (Å²) in [5.74, 6) is -0.112. The number of carbonyl (C=O) groups excluding carboxylic acids is 2. The molecule has 3 N–H and O–H groups in total. The van der Waals surface area contributed by atoms with E-state index in [4.69, 9.17) is 11.6 Å². The van der Waals surface area contributed by atoms with Crippen LogP contribution in [0.5, 0.6) is 0 Å². The fourth-order valence-corrected chi connectivity index (χ4v) is 2.14. The van der Waals surface area contributed by atoms with Gasteiger partial charge in [-0.15, -0.1) is 0 Å². The van der Waals surface area contributed by atoms with Crippen molar-refractivity contribution in [3.63, 3.8) is 0 Å². The highest BCUT2D eigenvalue weighted by atomic mass is 79.9. The molecule has 0 bridgehead atoms. The van der Waals surface area contributed by atoms with Crippen molar-refractivity contribution in [2.45, 2.75) is 6.54 Å². The standard InChI is InChI=1S/C13H12BrClN4O2/c1-19-11(17-7-14)10(12(20)18-13(19)21)16-6-8-2-4-9(15)5-3-8/h2-5,7,16H,6H2,1H3,(H,18,20,21)/p+1/b17-7+. The molecule has 0 aliphatic carbocycles. The third-order valence-electron chi connectivity index (χ3n) is 2.93. The van der Waals surface area contributed by atoms with E-state index in [0.717, 1.165) is 10.9 Å². The van der Waals surface area contributed by atoms with Gasteiger partial charge in [0, 0.05) is 18.6 Å². The molecule has 21 heavy (non-hydrogen) atoms. The largest absolute Gasteiger partial charge is 0.429 e. The molecule has 1 aliphatic rings. The van der Waals surface area contributed by atoms with E-state index in [1.54, 1.807) is 19.2 Å². The topological polar surface area (TPSA) is 78.4 Å². The summed E-state index contributed by atoms with van der Waals surface area (Å²) in [6, 6.07) is 6.86. The molecule has 0 fully saturated rings. The van der Waals surface area contributed by atoms with Crippen molar-refractivity contribution >= 4 is 44.6 Å². The van der Waals surface area contributed by atoms with Gasteiger partial charge in [-0.2, -0.15) is 5.32 Å². The molecular formula is C13H13BrClN4O2+. The van der Waals surface area contributed by atoms with E-state index >= 15 is 0 Å². The van der Waals surface area contributed by atoms with Crippen LogP contribution in [0.3, 0.4) is 0 Å². The van der Waals surface area contributed by atoms with Crippen LogP contribution in [-0.4, -0.2) is 29.0 Å². The molecule has 0 unspecified atom stereocenters. The van der Waals surface area contributed by atoms with Gasteiger partial charge in [-0.25, -0.2) is 19.5 Å². The average molecular weight is 373 g/mol. The van der Waals surface area contributed by atoms with Crippen molar-refractivity contribution in [2.24, 2.45) is 4.99 Å². The number of primary amides is 2. The molecule has 0 saturated carbocycles. The minimum absolute atomic E-state index is 0.276. The highest BCUT2D eigenvalue weighted by molar-refractivity contribution is 9.17.